The molecule has 2 rings (SSSR count). The highest BCUT2D eigenvalue weighted by molar-refractivity contribution is 9.10. The predicted octanol–water partition coefficient (Wildman–Crippen LogP) is 4.52. The van der Waals surface area contributed by atoms with Crippen molar-refractivity contribution in [3.63, 3.8) is 0 Å². The van der Waals surface area contributed by atoms with Gasteiger partial charge in [0.15, 0.2) is 0 Å². The van der Waals surface area contributed by atoms with Gasteiger partial charge in [-0.15, -0.1) is 0 Å². The zero-order valence-electron chi connectivity index (χ0n) is 11.2. The molecule has 2 aromatic rings. The average molecular weight is 319 g/mol. The van der Waals surface area contributed by atoms with Crippen molar-refractivity contribution in [1.29, 1.82) is 0 Å². The Morgan fingerprint density at radius 2 is 1.63 bits per heavy atom. The summed E-state index contributed by atoms with van der Waals surface area (Å²) in [5.74, 6) is -0.310. The number of rotatable bonds is 2. The van der Waals surface area contributed by atoms with E-state index in [2.05, 4.69) is 35.8 Å². The van der Waals surface area contributed by atoms with Gasteiger partial charge in [0.2, 0.25) is 0 Å². The zero-order chi connectivity index (χ0) is 14.0. The molecule has 0 atom stereocenters. The Balaban J connectivity index is 2.43. The predicted molar refractivity (Wildman–Crippen MR) is 80.4 cm³/mol. The van der Waals surface area contributed by atoms with Gasteiger partial charge >= 0.3 is 5.97 Å². The SMILES string of the molecule is COC(=O)c1ccc(-c2ccc(Br)c(C)c2C)cc1. The van der Waals surface area contributed by atoms with Crippen molar-refractivity contribution >= 4 is 21.9 Å². The second-order valence-electron chi connectivity index (χ2n) is 4.41. The van der Waals surface area contributed by atoms with Crippen LogP contribution in [0.15, 0.2) is 40.9 Å². The summed E-state index contributed by atoms with van der Waals surface area (Å²) >= 11 is 3.53. The molecule has 0 spiro atoms. The van der Waals surface area contributed by atoms with Gasteiger partial charge in [-0.25, -0.2) is 4.79 Å². The summed E-state index contributed by atoms with van der Waals surface area (Å²) in [7, 11) is 1.39. The number of hydrogen-bond acceptors (Lipinski definition) is 2. The smallest absolute Gasteiger partial charge is 0.337 e. The number of ether oxygens (including phenoxy) is 1. The molecule has 0 saturated carbocycles. The van der Waals surface area contributed by atoms with Gasteiger partial charge < -0.3 is 4.74 Å². The van der Waals surface area contributed by atoms with Crippen molar-refractivity contribution in [3.8, 4) is 11.1 Å². The van der Waals surface area contributed by atoms with E-state index in [0.717, 1.165) is 10.0 Å². The minimum Gasteiger partial charge on any atom is -0.465 e. The van der Waals surface area contributed by atoms with Crippen molar-refractivity contribution in [1.82, 2.24) is 0 Å². The van der Waals surface area contributed by atoms with E-state index in [9.17, 15) is 4.79 Å². The summed E-state index contributed by atoms with van der Waals surface area (Å²) in [6.07, 6.45) is 0. The Bertz CT molecular complexity index is 615. The minimum atomic E-state index is -0.310. The van der Waals surface area contributed by atoms with Gasteiger partial charge in [0, 0.05) is 4.47 Å². The Labute approximate surface area is 121 Å². The maximum atomic E-state index is 11.4. The molecule has 0 saturated heterocycles. The number of hydrogen-bond donors (Lipinski definition) is 0. The van der Waals surface area contributed by atoms with Crippen LogP contribution in [0.4, 0.5) is 0 Å². The third-order valence-corrected chi connectivity index (χ3v) is 4.20. The molecule has 19 heavy (non-hydrogen) atoms. The van der Waals surface area contributed by atoms with Crippen LogP contribution in [0.2, 0.25) is 0 Å². The number of esters is 1. The van der Waals surface area contributed by atoms with Crippen molar-refractivity contribution in [2.24, 2.45) is 0 Å². The van der Waals surface area contributed by atoms with E-state index in [1.807, 2.05) is 18.2 Å². The fourth-order valence-electron chi connectivity index (χ4n) is 2.00. The molecule has 0 aromatic heterocycles. The van der Waals surface area contributed by atoms with E-state index in [-0.39, 0.29) is 5.97 Å². The molecular weight excluding hydrogens is 304 g/mol. The molecule has 0 radical (unpaired) electrons. The molecule has 0 bridgehead atoms. The lowest BCUT2D eigenvalue weighted by Crippen LogP contribution is -2.00. The van der Waals surface area contributed by atoms with Crippen molar-refractivity contribution in [2.75, 3.05) is 7.11 Å². The fraction of sp³-hybridized carbons (Fsp3) is 0.188. The second kappa shape index (κ2) is 5.57. The summed E-state index contributed by atoms with van der Waals surface area (Å²) < 4.78 is 5.81. The van der Waals surface area contributed by atoms with Crippen LogP contribution in [-0.2, 0) is 4.74 Å². The summed E-state index contributed by atoms with van der Waals surface area (Å²) in [4.78, 5) is 11.4. The first-order valence-corrected chi connectivity index (χ1v) is 6.78. The number of benzene rings is 2. The van der Waals surface area contributed by atoms with Crippen LogP contribution in [0.3, 0.4) is 0 Å². The van der Waals surface area contributed by atoms with Crippen LogP contribution in [0.1, 0.15) is 21.5 Å². The maximum Gasteiger partial charge on any atom is 0.337 e. The fourth-order valence-corrected chi connectivity index (χ4v) is 2.43. The van der Waals surface area contributed by atoms with E-state index < -0.39 is 0 Å². The van der Waals surface area contributed by atoms with E-state index in [1.165, 1.54) is 23.8 Å². The van der Waals surface area contributed by atoms with Crippen LogP contribution < -0.4 is 0 Å². The summed E-state index contributed by atoms with van der Waals surface area (Å²) in [5.41, 5.74) is 5.31. The molecule has 0 heterocycles. The highest BCUT2D eigenvalue weighted by Gasteiger charge is 2.09. The maximum absolute atomic E-state index is 11.4. The van der Waals surface area contributed by atoms with E-state index in [0.29, 0.717) is 5.56 Å². The van der Waals surface area contributed by atoms with Gasteiger partial charge in [-0.3, -0.25) is 0 Å². The third-order valence-electron chi connectivity index (χ3n) is 3.34. The Morgan fingerprint density at radius 3 is 2.21 bits per heavy atom. The normalized spacial score (nSPS) is 10.3. The quantitative estimate of drug-likeness (QED) is 0.761. The number of carbonyl (C=O) groups is 1. The van der Waals surface area contributed by atoms with Crippen LogP contribution in [0.5, 0.6) is 0 Å². The molecule has 0 amide bonds. The highest BCUT2D eigenvalue weighted by atomic mass is 79.9. The van der Waals surface area contributed by atoms with Crippen LogP contribution in [0.25, 0.3) is 11.1 Å². The second-order valence-corrected chi connectivity index (χ2v) is 5.27. The van der Waals surface area contributed by atoms with E-state index in [4.69, 9.17) is 4.74 Å². The molecule has 98 valence electrons. The summed E-state index contributed by atoms with van der Waals surface area (Å²) in [5, 5.41) is 0. The number of methoxy groups -OCH3 is 1. The van der Waals surface area contributed by atoms with E-state index >= 15 is 0 Å². The first kappa shape index (κ1) is 13.8. The van der Waals surface area contributed by atoms with Crippen molar-refractivity contribution < 1.29 is 9.53 Å². The van der Waals surface area contributed by atoms with Crippen molar-refractivity contribution in [3.05, 3.63) is 57.6 Å². The van der Waals surface area contributed by atoms with E-state index in [1.54, 1.807) is 12.1 Å². The Morgan fingerprint density at radius 1 is 1.00 bits per heavy atom. The average Bonchev–Trinajstić information content (AvgIpc) is 2.44. The molecule has 3 heteroatoms. The topological polar surface area (TPSA) is 26.3 Å². The molecule has 2 aromatic carbocycles. The van der Waals surface area contributed by atoms with Gasteiger partial charge in [0.1, 0.15) is 0 Å². The lowest BCUT2D eigenvalue weighted by atomic mass is 9.96. The van der Waals surface area contributed by atoms with Gasteiger partial charge in [-0.05, 0) is 54.3 Å². The highest BCUT2D eigenvalue weighted by Crippen LogP contribution is 2.30. The molecule has 0 aliphatic rings. The molecule has 0 aliphatic heterocycles. The van der Waals surface area contributed by atoms with Crippen molar-refractivity contribution in [2.45, 2.75) is 13.8 Å². The summed E-state index contributed by atoms with van der Waals surface area (Å²) in [6.45, 7) is 4.19. The number of carbonyl (C=O) groups excluding carboxylic acids is 1. The van der Waals surface area contributed by atoms with Crippen LogP contribution in [-0.4, -0.2) is 13.1 Å². The largest absolute Gasteiger partial charge is 0.465 e. The first-order chi connectivity index (χ1) is 9.04. The molecule has 0 fully saturated rings. The molecule has 0 aliphatic carbocycles. The zero-order valence-corrected chi connectivity index (χ0v) is 12.7. The van der Waals surface area contributed by atoms with Crippen LogP contribution >= 0.6 is 15.9 Å². The number of halogens is 1. The van der Waals surface area contributed by atoms with Crippen LogP contribution in [0, 0.1) is 13.8 Å². The lowest BCUT2D eigenvalue weighted by Gasteiger charge is -2.11. The van der Waals surface area contributed by atoms with Gasteiger partial charge in [-0.2, -0.15) is 0 Å². The molecule has 0 N–H and O–H groups in total. The molecular formula is C16H15BrO2. The van der Waals surface area contributed by atoms with Gasteiger partial charge in [0.25, 0.3) is 0 Å². The first-order valence-electron chi connectivity index (χ1n) is 5.99. The monoisotopic (exact) mass is 318 g/mol. The molecule has 2 nitrogen and oxygen atoms in total. The van der Waals surface area contributed by atoms with Gasteiger partial charge in [-0.1, -0.05) is 34.1 Å². The summed E-state index contributed by atoms with van der Waals surface area (Å²) in [6, 6.07) is 11.6. The Hall–Kier alpha value is -1.61. The standard InChI is InChI=1S/C16H15BrO2/c1-10-11(2)15(17)9-8-14(10)12-4-6-13(7-5-12)16(18)19-3/h4-9H,1-3H3. The minimum absolute atomic E-state index is 0.310. The molecule has 0 unspecified atom stereocenters. The lowest BCUT2D eigenvalue weighted by molar-refractivity contribution is 0.0601. The Kier molecular flexibility index (Phi) is 4.05. The third kappa shape index (κ3) is 2.71. The van der Waals surface area contributed by atoms with Gasteiger partial charge in [0.05, 0.1) is 12.7 Å².